The molecule has 2 heterocycles. The molecular weight excluding hydrogens is 3160 g/mol. The smallest absolute Gasteiger partial charge is 0.00363 e. The van der Waals surface area contributed by atoms with Crippen LogP contribution < -0.4 is 0 Å². The molecule has 167 valence electrons. The Kier molecular flexibility index (Phi) is 374. The quantitative estimate of drug-likeness (QED) is 0.338. The first-order chi connectivity index (χ1) is 4.79. The molecule has 0 spiro atoms. The van der Waals surface area contributed by atoms with Crippen molar-refractivity contribution in [1.82, 2.24) is 4.90 Å². The fourth-order valence-electron chi connectivity index (χ4n) is 1.95. The van der Waals surface area contributed by atoms with E-state index in [2.05, 4.69) is 11.8 Å². The predicted molar refractivity (Wildman–Crippen MR) is 51.5 cm³/mol. The maximum absolute atomic E-state index is 2.57. The van der Waals surface area contributed by atoms with Gasteiger partial charge in [-0.15, -0.1) is 0 Å². The van der Waals surface area contributed by atoms with E-state index in [1.165, 1.54) is 32.5 Å². The van der Waals surface area contributed by atoms with Crippen LogP contribution in [0.25, 0.3) is 0 Å². The van der Waals surface area contributed by atoms with Crippen LogP contribution in [0.1, 0.15) is 33.6 Å². The third-order valence-electron chi connectivity index (χ3n) is 2.67. The Balaban J connectivity index is -0.00000000305. The van der Waals surface area contributed by atoms with Crippen molar-refractivity contribution in [3.8, 4) is 0 Å². The fourth-order valence-corrected chi connectivity index (χ4v) is 1.95. The second-order valence-electron chi connectivity index (χ2n) is 3.59. The summed E-state index contributed by atoms with van der Waals surface area (Å²) < 4.78 is 0. The number of piperidine rings is 1. The number of nitrogens with zero attached hydrogens (tertiary/aromatic N) is 1. The van der Waals surface area contributed by atoms with Crippen molar-refractivity contribution in [2.75, 3.05) is 19.6 Å². The molecule has 2 fully saturated rings. The normalized spacial score (nSPS) is 15.3. The Morgan fingerprint density at radius 3 is 0.714 bits per heavy atom. The van der Waals surface area contributed by atoms with Gasteiger partial charge in [0.15, 0.2) is 0 Å². The van der Waals surface area contributed by atoms with Crippen molar-refractivity contribution in [3.63, 3.8) is 0 Å². The van der Waals surface area contributed by atoms with Gasteiger partial charge < -0.3 is 12.3 Å². The molecular formula is C10H22NW16Y-. The fraction of sp³-hybridized carbons (Fsp3) is 0.900. The SMILES string of the molecule is CC.CC12CCN(CC1)C2.[CH3-].[W].[W].[W].[W].[W].[W].[W].[W].[W].[W].[W].[W].[W].[W].[W].[W].[Y]. The van der Waals surface area contributed by atoms with Crippen LogP contribution in [0, 0.1) is 12.8 Å². The Hall–Kier alpha value is 12.1. The minimum absolute atomic E-state index is 0. The third kappa shape index (κ3) is 61.9. The van der Waals surface area contributed by atoms with Gasteiger partial charge in [0.2, 0.25) is 0 Å². The van der Waals surface area contributed by atoms with Crippen molar-refractivity contribution >= 4 is 0 Å². The summed E-state index contributed by atoms with van der Waals surface area (Å²) >= 11 is 0. The summed E-state index contributed by atoms with van der Waals surface area (Å²) in [6, 6.07) is 0. The number of hydrogen-bond donors (Lipinski definition) is 0. The van der Waals surface area contributed by atoms with E-state index in [9.17, 15) is 0 Å². The van der Waals surface area contributed by atoms with Crippen molar-refractivity contribution in [3.05, 3.63) is 7.43 Å². The number of fused-ring (bicyclic) bond motifs is 2. The molecule has 0 aromatic carbocycles. The van der Waals surface area contributed by atoms with E-state index in [4.69, 9.17) is 0 Å². The van der Waals surface area contributed by atoms with Gasteiger partial charge >= 0.3 is 0 Å². The maximum atomic E-state index is 2.57. The first kappa shape index (κ1) is 126. The Bertz CT molecular complexity index is 134. The van der Waals surface area contributed by atoms with Crippen LogP contribution in [0.3, 0.4) is 0 Å². The molecule has 18 heteroatoms. The van der Waals surface area contributed by atoms with E-state index < -0.39 is 0 Å². The van der Waals surface area contributed by atoms with E-state index in [1.54, 1.807) is 0 Å². The van der Waals surface area contributed by atoms with Crippen LogP contribution >= 0.6 is 0 Å². The van der Waals surface area contributed by atoms with Crippen LogP contribution in [0.2, 0.25) is 0 Å². The monoisotopic (exact) mass is 3190 g/mol. The summed E-state index contributed by atoms with van der Waals surface area (Å²) in [5, 5.41) is 0. The van der Waals surface area contributed by atoms with Gasteiger partial charge in [-0.2, -0.15) is 0 Å². The van der Waals surface area contributed by atoms with Gasteiger partial charge in [0.25, 0.3) is 0 Å². The molecule has 2 aliphatic heterocycles. The molecule has 0 N–H and O–H groups in total. The second kappa shape index (κ2) is 83.3. The van der Waals surface area contributed by atoms with Gasteiger partial charge in [-0.1, -0.05) is 20.8 Å². The molecule has 0 amide bonds. The summed E-state index contributed by atoms with van der Waals surface area (Å²) in [7, 11) is 0. The molecule has 1 nitrogen and oxygen atoms in total. The van der Waals surface area contributed by atoms with Crippen LogP contribution in [-0.4, -0.2) is 24.5 Å². The molecule has 2 bridgehead atoms. The van der Waals surface area contributed by atoms with Gasteiger partial charge in [0.1, 0.15) is 0 Å². The molecule has 0 aromatic rings. The van der Waals surface area contributed by atoms with Crippen LogP contribution in [0.4, 0.5) is 0 Å². The van der Waals surface area contributed by atoms with E-state index in [1.807, 2.05) is 13.8 Å². The Morgan fingerprint density at radius 1 is 0.500 bits per heavy atom. The van der Waals surface area contributed by atoms with Gasteiger partial charge in [-0.05, 0) is 31.3 Å². The molecule has 2 aliphatic rings. The predicted octanol–water partition coefficient (Wildman–Crippen LogP) is 2.54. The van der Waals surface area contributed by atoms with Crippen molar-refractivity contribution in [2.45, 2.75) is 33.6 Å². The molecule has 0 aliphatic carbocycles. The molecule has 2 saturated heterocycles. The molecule has 0 saturated carbocycles. The van der Waals surface area contributed by atoms with Crippen molar-refractivity contribution < 1.29 is 370 Å². The van der Waals surface area contributed by atoms with Crippen LogP contribution in [0.15, 0.2) is 0 Å². The average Bonchev–Trinajstić information content (AvgIpc) is 2.49. The van der Waals surface area contributed by atoms with Gasteiger partial charge in [0.05, 0.1) is 0 Å². The van der Waals surface area contributed by atoms with E-state index in [0.29, 0.717) is 0 Å². The standard InChI is InChI=1S/C7H13N.C2H6.CH3.16W.Y/c1-7-2-4-8(6-7)5-3-7;1-2;;;;;;;;;;;;;;;;;;/h2-6H2,1H3;1-2H3;1H3;;;;;;;;;;;;;;;;;/q;;-1;;;;;;;;;;;;;;;;;. The molecule has 0 aromatic heterocycles. The largest absolute Gasteiger partial charge is 0.358 e. The van der Waals surface area contributed by atoms with E-state index in [-0.39, 0.29) is 377 Å². The van der Waals surface area contributed by atoms with Gasteiger partial charge in [-0.25, -0.2) is 0 Å². The van der Waals surface area contributed by atoms with Crippen molar-refractivity contribution in [2.24, 2.45) is 5.41 Å². The second-order valence-corrected chi connectivity index (χ2v) is 3.59. The zero-order chi connectivity index (χ0) is 7.61. The molecule has 2 rings (SSSR count). The van der Waals surface area contributed by atoms with Gasteiger partial charge in [-0.3, -0.25) is 0 Å². The van der Waals surface area contributed by atoms with E-state index >= 15 is 0 Å². The minimum Gasteiger partial charge on any atom is -0.358 e. The summed E-state index contributed by atoms with van der Waals surface area (Å²) in [4.78, 5) is 2.57. The summed E-state index contributed by atoms with van der Waals surface area (Å²) in [6.07, 6.45) is 2.90. The Morgan fingerprint density at radius 2 is 0.679 bits per heavy atom. The topological polar surface area (TPSA) is 3.24 Å². The minimum atomic E-state index is 0. The van der Waals surface area contributed by atoms with Crippen LogP contribution in [-0.2, 0) is 370 Å². The molecule has 0 unspecified atom stereocenters. The van der Waals surface area contributed by atoms with E-state index in [0.717, 1.165) is 5.41 Å². The zero-order valence-electron chi connectivity index (χ0n) is 15.6. The summed E-state index contributed by atoms with van der Waals surface area (Å²) in [5.74, 6) is 0. The van der Waals surface area contributed by atoms with Gasteiger partial charge in [0, 0.05) is 376 Å². The molecule has 1 radical (unpaired) electrons. The summed E-state index contributed by atoms with van der Waals surface area (Å²) in [5.41, 5.74) is 0.736. The Labute approximate surface area is 429 Å². The first-order valence-corrected chi connectivity index (χ1v) is 4.51. The van der Waals surface area contributed by atoms with Crippen LogP contribution in [0.5, 0.6) is 0 Å². The maximum Gasteiger partial charge on any atom is 0.00363 e. The average molecular weight is 3190 g/mol. The first-order valence-electron chi connectivity index (χ1n) is 4.51. The molecule has 28 heavy (non-hydrogen) atoms. The summed E-state index contributed by atoms with van der Waals surface area (Å²) in [6.45, 7) is 10.5. The number of rotatable bonds is 0. The zero-order valence-corrected chi connectivity index (χ0v) is 65.4. The number of hydrogen-bond acceptors (Lipinski definition) is 1. The molecule has 0 atom stereocenters. The third-order valence-corrected chi connectivity index (χ3v) is 2.67. The van der Waals surface area contributed by atoms with Crippen molar-refractivity contribution in [1.29, 1.82) is 0 Å².